The molecule has 1 saturated carbocycles. The van der Waals surface area contributed by atoms with E-state index < -0.39 is 0 Å². The van der Waals surface area contributed by atoms with E-state index in [0.717, 1.165) is 31.8 Å². The van der Waals surface area contributed by atoms with E-state index in [9.17, 15) is 5.11 Å². The Morgan fingerprint density at radius 3 is 2.88 bits per heavy atom. The zero-order valence-electron chi connectivity index (χ0n) is 9.95. The van der Waals surface area contributed by atoms with E-state index in [1.54, 1.807) is 0 Å². The molecule has 2 N–H and O–H groups in total. The minimum absolute atomic E-state index is 0.0511. The van der Waals surface area contributed by atoms with Crippen molar-refractivity contribution in [3.05, 3.63) is 18.2 Å². The summed E-state index contributed by atoms with van der Waals surface area (Å²) in [5.74, 6) is 1.06. The Hall–Kier alpha value is -0.870. The van der Waals surface area contributed by atoms with Crippen molar-refractivity contribution in [2.45, 2.75) is 51.2 Å². The molecule has 0 unspecified atom stereocenters. The molecule has 0 amide bonds. The molecule has 1 aromatic rings. The number of hydrogen-bond donors (Lipinski definition) is 2. The van der Waals surface area contributed by atoms with Crippen LogP contribution in [0.2, 0.25) is 0 Å². The molecule has 90 valence electrons. The Labute approximate surface area is 96.7 Å². The van der Waals surface area contributed by atoms with Gasteiger partial charge < -0.3 is 15.0 Å². The molecular weight excluding hydrogens is 202 g/mol. The summed E-state index contributed by atoms with van der Waals surface area (Å²) in [6, 6.07) is 0. The van der Waals surface area contributed by atoms with E-state index in [2.05, 4.69) is 21.8 Å². The third-order valence-electron chi connectivity index (χ3n) is 3.63. The number of nitrogens with zero attached hydrogens (tertiary/aromatic N) is 2. The van der Waals surface area contributed by atoms with Crippen LogP contribution in [0.5, 0.6) is 0 Å². The Morgan fingerprint density at radius 2 is 2.25 bits per heavy atom. The van der Waals surface area contributed by atoms with Gasteiger partial charge in [0.05, 0.1) is 13.2 Å². The summed E-state index contributed by atoms with van der Waals surface area (Å²) in [6.45, 7) is 4.05. The maximum Gasteiger partial charge on any atom is 0.122 e. The van der Waals surface area contributed by atoms with Crippen LogP contribution in [0.4, 0.5) is 0 Å². The lowest BCUT2D eigenvalue weighted by Crippen LogP contribution is -2.45. The van der Waals surface area contributed by atoms with Gasteiger partial charge in [0.25, 0.3) is 0 Å². The second-order valence-electron chi connectivity index (χ2n) is 4.63. The molecule has 0 bridgehead atoms. The third-order valence-corrected chi connectivity index (χ3v) is 3.63. The fourth-order valence-corrected chi connectivity index (χ4v) is 2.50. The average molecular weight is 223 g/mol. The normalized spacial score (nSPS) is 19.1. The molecule has 0 atom stereocenters. The van der Waals surface area contributed by atoms with Gasteiger partial charge >= 0.3 is 0 Å². The van der Waals surface area contributed by atoms with Gasteiger partial charge in [-0.2, -0.15) is 0 Å². The largest absolute Gasteiger partial charge is 0.394 e. The zero-order valence-corrected chi connectivity index (χ0v) is 9.95. The quantitative estimate of drug-likeness (QED) is 0.791. The molecule has 1 fully saturated rings. The molecule has 2 rings (SSSR count). The lowest BCUT2D eigenvalue weighted by atomic mass is 9.99. The molecule has 0 aromatic carbocycles. The van der Waals surface area contributed by atoms with Crippen LogP contribution in [0.25, 0.3) is 0 Å². The number of aromatic nitrogens is 2. The summed E-state index contributed by atoms with van der Waals surface area (Å²) in [5, 5.41) is 13.0. The predicted molar refractivity (Wildman–Crippen MR) is 63.0 cm³/mol. The molecule has 0 aliphatic heterocycles. The van der Waals surface area contributed by atoms with Crippen molar-refractivity contribution in [2.75, 3.05) is 6.61 Å². The lowest BCUT2D eigenvalue weighted by molar-refractivity contribution is 0.161. The molecule has 1 aliphatic rings. The van der Waals surface area contributed by atoms with Gasteiger partial charge in [0.15, 0.2) is 0 Å². The van der Waals surface area contributed by atoms with Crippen LogP contribution in [0.1, 0.15) is 38.4 Å². The van der Waals surface area contributed by atoms with E-state index in [4.69, 9.17) is 0 Å². The van der Waals surface area contributed by atoms with Crippen molar-refractivity contribution in [2.24, 2.45) is 0 Å². The van der Waals surface area contributed by atoms with Gasteiger partial charge in [0, 0.05) is 24.5 Å². The lowest BCUT2D eigenvalue weighted by Gasteiger charge is -2.28. The summed E-state index contributed by atoms with van der Waals surface area (Å²) in [4.78, 5) is 4.33. The predicted octanol–water partition coefficient (Wildman–Crippen LogP) is 1.30. The first kappa shape index (κ1) is 11.6. The standard InChI is InChI=1S/C12H21N3O/c1-2-15-8-7-13-11(15)9-14-12(10-16)5-3-4-6-12/h7-8,14,16H,2-6,9-10H2,1H3. The van der Waals surface area contributed by atoms with E-state index >= 15 is 0 Å². The highest BCUT2D eigenvalue weighted by Gasteiger charge is 2.32. The molecule has 0 saturated heterocycles. The second-order valence-corrected chi connectivity index (χ2v) is 4.63. The van der Waals surface area contributed by atoms with Crippen molar-refractivity contribution < 1.29 is 5.11 Å². The molecular formula is C12H21N3O. The number of aliphatic hydroxyl groups excluding tert-OH is 1. The minimum atomic E-state index is -0.0511. The smallest absolute Gasteiger partial charge is 0.122 e. The van der Waals surface area contributed by atoms with Crippen molar-refractivity contribution in [3.63, 3.8) is 0 Å². The maximum atomic E-state index is 9.48. The van der Waals surface area contributed by atoms with Gasteiger partial charge in [-0.05, 0) is 19.8 Å². The number of rotatable bonds is 5. The van der Waals surface area contributed by atoms with Crippen LogP contribution in [0.3, 0.4) is 0 Å². The summed E-state index contributed by atoms with van der Waals surface area (Å²) in [7, 11) is 0. The van der Waals surface area contributed by atoms with Crippen molar-refractivity contribution in [3.8, 4) is 0 Å². The second kappa shape index (κ2) is 4.97. The van der Waals surface area contributed by atoms with Gasteiger partial charge in [-0.3, -0.25) is 0 Å². The highest BCUT2D eigenvalue weighted by Crippen LogP contribution is 2.29. The minimum Gasteiger partial charge on any atom is -0.394 e. The highest BCUT2D eigenvalue weighted by molar-refractivity contribution is 4.97. The third kappa shape index (κ3) is 2.28. The SMILES string of the molecule is CCn1ccnc1CNC1(CO)CCCC1. The topological polar surface area (TPSA) is 50.1 Å². The first-order valence-electron chi connectivity index (χ1n) is 6.15. The number of hydrogen-bond acceptors (Lipinski definition) is 3. The van der Waals surface area contributed by atoms with Crippen molar-refractivity contribution in [1.29, 1.82) is 0 Å². The summed E-state index contributed by atoms with van der Waals surface area (Å²) >= 11 is 0. The van der Waals surface area contributed by atoms with Crippen LogP contribution < -0.4 is 5.32 Å². The zero-order chi connectivity index (χ0) is 11.4. The van der Waals surface area contributed by atoms with Gasteiger partial charge in [-0.1, -0.05) is 12.8 Å². The molecule has 1 aliphatic carbocycles. The number of imidazole rings is 1. The van der Waals surface area contributed by atoms with Crippen LogP contribution >= 0.6 is 0 Å². The van der Waals surface area contributed by atoms with Crippen LogP contribution in [-0.4, -0.2) is 26.8 Å². The molecule has 1 heterocycles. The van der Waals surface area contributed by atoms with Gasteiger partial charge in [0.1, 0.15) is 5.82 Å². The van der Waals surface area contributed by atoms with Crippen molar-refractivity contribution in [1.82, 2.24) is 14.9 Å². The molecule has 0 radical (unpaired) electrons. The monoisotopic (exact) mass is 223 g/mol. The first-order chi connectivity index (χ1) is 7.79. The Bertz CT molecular complexity index is 329. The van der Waals surface area contributed by atoms with E-state index in [-0.39, 0.29) is 12.1 Å². The fourth-order valence-electron chi connectivity index (χ4n) is 2.50. The molecule has 1 aromatic heterocycles. The fraction of sp³-hybridized carbons (Fsp3) is 0.750. The molecule has 4 heteroatoms. The number of aryl methyl sites for hydroxylation is 1. The van der Waals surface area contributed by atoms with Crippen LogP contribution in [-0.2, 0) is 13.1 Å². The highest BCUT2D eigenvalue weighted by atomic mass is 16.3. The number of nitrogens with one attached hydrogen (secondary N) is 1. The molecule has 16 heavy (non-hydrogen) atoms. The molecule has 0 spiro atoms. The first-order valence-corrected chi connectivity index (χ1v) is 6.15. The average Bonchev–Trinajstić information content (AvgIpc) is 2.96. The number of aliphatic hydroxyl groups is 1. The Balaban J connectivity index is 1.95. The van der Waals surface area contributed by atoms with Gasteiger partial charge in [-0.15, -0.1) is 0 Å². The summed E-state index contributed by atoms with van der Waals surface area (Å²) < 4.78 is 2.13. The van der Waals surface area contributed by atoms with Crippen LogP contribution in [0, 0.1) is 0 Å². The van der Waals surface area contributed by atoms with Crippen molar-refractivity contribution >= 4 is 0 Å². The van der Waals surface area contributed by atoms with Gasteiger partial charge in [-0.25, -0.2) is 4.98 Å². The molecule has 4 nitrogen and oxygen atoms in total. The van der Waals surface area contributed by atoms with E-state index in [1.807, 2.05) is 12.4 Å². The summed E-state index contributed by atoms with van der Waals surface area (Å²) in [5.41, 5.74) is -0.0511. The Kier molecular flexibility index (Phi) is 3.61. The van der Waals surface area contributed by atoms with E-state index in [0.29, 0.717) is 0 Å². The Morgan fingerprint density at radius 1 is 1.50 bits per heavy atom. The summed E-state index contributed by atoms with van der Waals surface area (Å²) in [6.07, 6.45) is 8.43. The maximum absolute atomic E-state index is 9.48. The van der Waals surface area contributed by atoms with E-state index in [1.165, 1.54) is 12.8 Å². The van der Waals surface area contributed by atoms with Gasteiger partial charge in [0.2, 0.25) is 0 Å². The van der Waals surface area contributed by atoms with Crippen LogP contribution in [0.15, 0.2) is 12.4 Å².